The lowest BCUT2D eigenvalue weighted by molar-refractivity contribution is -0.140. The van der Waals surface area contributed by atoms with Crippen LogP contribution in [-0.2, 0) is 14.3 Å². The first-order valence-corrected chi connectivity index (χ1v) is 8.11. The number of hydrogen-bond donors (Lipinski definition) is 1. The molecule has 3 atom stereocenters. The topological polar surface area (TPSA) is 62.2 Å². The van der Waals surface area contributed by atoms with Gasteiger partial charge in [0.15, 0.2) is 0 Å². The van der Waals surface area contributed by atoms with E-state index in [1.807, 2.05) is 4.90 Å². The van der Waals surface area contributed by atoms with Crippen LogP contribution in [0.5, 0.6) is 0 Å². The molecule has 1 saturated carbocycles. The van der Waals surface area contributed by atoms with Crippen LogP contribution < -0.4 is 0 Å². The average Bonchev–Trinajstić information content (AvgIpc) is 2.95. The number of amides is 1. The molecule has 2 saturated heterocycles. The Morgan fingerprint density at radius 3 is 2.57 bits per heavy atom. The van der Waals surface area contributed by atoms with Crippen molar-refractivity contribution in [3.05, 3.63) is 0 Å². The van der Waals surface area contributed by atoms with Crippen LogP contribution >= 0.6 is 0 Å². The molecule has 3 fully saturated rings. The van der Waals surface area contributed by atoms with Crippen LogP contribution in [-0.4, -0.2) is 85.6 Å². The Balaban J connectivity index is 1.59. The van der Waals surface area contributed by atoms with Gasteiger partial charge in [-0.15, -0.1) is 0 Å². The summed E-state index contributed by atoms with van der Waals surface area (Å²) in [5, 5.41) is 10.1. The minimum Gasteiger partial charge on any atom is -0.393 e. The molecule has 0 unspecified atom stereocenters. The van der Waals surface area contributed by atoms with Crippen molar-refractivity contribution in [1.82, 2.24) is 9.80 Å². The molecular formula is C15H26N2O4. The molecular weight excluding hydrogens is 272 g/mol. The lowest BCUT2D eigenvalue weighted by Gasteiger charge is -2.40. The smallest absolute Gasteiger partial charge is 0.236 e. The fourth-order valence-corrected chi connectivity index (χ4v) is 3.75. The third-order valence-electron chi connectivity index (χ3n) is 5.01. The molecule has 0 bridgehead atoms. The van der Waals surface area contributed by atoms with Crippen molar-refractivity contribution in [1.29, 1.82) is 0 Å². The molecule has 0 aromatic rings. The summed E-state index contributed by atoms with van der Waals surface area (Å²) >= 11 is 0. The van der Waals surface area contributed by atoms with E-state index in [4.69, 9.17) is 9.47 Å². The molecule has 6 heteroatoms. The molecule has 0 aromatic carbocycles. The van der Waals surface area contributed by atoms with Gasteiger partial charge in [-0.1, -0.05) is 6.42 Å². The number of hydrogen-bond acceptors (Lipinski definition) is 5. The molecule has 3 rings (SSSR count). The number of carbonyl (C=O) groups is 1. The highest BCUT2D eigenvalue weighted by Gasteiger charge is 2.38. The largest absolute Gasteiger partial charge is 0.393 e. The number of rotatable bonds is 3. The highest BCUT2D eigenvalue weighted by atomic mass is 16.5. The molecule has 1 N–H and O–H groups in total. The maximum atomic E-state index is 12.4. The predicted molar refractivity (Wildman–Crippen MR) is 76.9 cm³/mol. The molecule has 120 valence electrons. The van der Waals surface area contributed by atoms with E-state index in [9.17, 15) is 9.90 Å². The maximum absolute atomic E-state index is 12.4. The maximum Gasteiger partial charge on any atom is 0.236 e. The van der Waals surface area contributed by atoms with Crippen molar-refractivity contribution < 1.29 is 19.4 Å². The van der Waals surface area contributed by atoms with Crippen LogP contribution in [0.15, 0.2) is 0 Å². The van der Waals surface area contributed by atoms with Crippen molar-refractivity contribution in [2.45, 2.75) is 31.4 Å². The lowest BCUT2D eigenvalue weighted by Crippen LogP contribution is -2.55. The SMILES string of the molecule is O=C(CN1CCOC[C@@H]1[C@@H]1CCC[C@H]1O)N1CCOCC1. The third-order valence-corrected chi connectivity index (χ3v) is 5.01. The summed E-state index contributed by atoms with van der Waals surface area (Å²) in [7, 11) is 0. The van der Waals surface area contributed by atoms with Crippen LogP contribution in [0.2, 0.25) is 0 Å². The normalized spacial score (nSPS) is 35.1. The van der Waals surface area contributed by atoms with E-state index in [1.54, 1.807) is 0 Å². The minimum absolute atomic E-state index is 0.178. The molecule has 6 nitrogen and oxygen atoms in total. The van der Waals surface area contributed by atoms with Gasteiger partial charge < -0.3 is 19.5 Å². The Morgan fingerprint density at radius 1 is 1.10 bits per heavy atom. The highest BCUT2D eigenvalue weighted by molar-refractivity contribution is 5.78. The van der Waals surface area contributed by atoms with Crippen molar-refractivity contribution >= 4 is 5.91 Å². The Morgan fingerprint density at radius 2 is 1.86 bits per heavy atom. The van der Waals surface area contributed by atoms with Gasteiger partial charge in [0.1, 0.15) is 0 Å². The van der Waals surface area contributed by atoms with Crippen molar-refractivity contribution in [2.24, 2.45) is 5.92 Å². The summed E-state index contributed by atoms with van der Waals surface area (Å²) in [5.74, 6) is 0.431. The van der Waals surface area contributed by atoms with Crippen molar-refractivity contribution in [3.8, 4) is 0 Å². The summed E-state index contributed by atoms with van der Waals surface area (Å²) in [6.45, 7) is 5.20. The number of morpholine rings is 2. The predicted octanol–water partition coefficient (Wildman–Crippen LogP) is -0.293. The van der Waals surface area contributed by atoms with E-state index < -0.39 is 0 Å². The van der Waals surface area contributed by atoms with Crippen LogP contribution in [0.25, 0.3) is 0 Å². The van der Waals surface area contributed by atoms with Gasteiger partial charge in [-0.3, -0.25) is 9.69 Å². The molecule has 0 spiro atoms. The first kappa shape index (κ1) is 15.2. The van der Waals surface area contributed by atoms with Gasteiger partial charge in [0, 0.05) is 31.6 Å². The van der Waals surface area contributed by atoms with Gasteiger partial charge in [-0.05, 0) is 12.8 Å². The summed E-state index contributed by atoms with van der Waals surface area (Å²) in [5.41, 5.74) is 0. The first-order chi connectivity index (χ1) is 10.3. The second-order valence-electron chi connectivity index (χ2n) is 6.27. The fourth-order valence-electron chi connectivity index (χ4n) is 3.75. The Hall–Kier alpha value is -0.690. The molecule has 0 radical (unpaired) electrons. The zero-order valence-electron chi connectivity index (χ0n) is 12.6. The minimum atomic E-state index is -0.238. The van der Waals surface area contributed by atoms with Gasteiger partial charge >= 0.3 is 0 Å². The standard InChI is InChI=1S/C15H26N2O4/c18-14-3-1-2-12(14)13-11-21-9-6-17(13)10-15(19)16-4-7-20-8-5-16/h12-14,18H,1-11H2/t12-,13+,14+/m0/s1. The molecule has 2 aliphatic heterocycles. The second kappa shape index (κ2) is 7.05. The van der Waals surface area contributed by atoms with E-state index in [1.165, 1.54) is 0 Å². The molecule has 0 aromatic heterocycles. The van der Waals surface area contributed by atoms with Gasteiger partial charge in [-0.25, -0.2) is 0 Å². The average molecular weight is 298 g/mol. The fraction of sp³-hybridized carbons (Fsp3) is 0.933. The molecule has 3 aliphatic rings. The van der Waals surface area contributed by atoms with E-state index in [-0.39, 0.29) is 24.0 Å². The van der Waals surface area contributed by atoms with Crippen LogP contribution in [0.3, 0.4) is 0 Å². The van der Waals surface area contributed by atoms with Crippen LogP contribution in [0.4, 0.5) is 0 Å². The summed E-state index contributed by atoms with van der Waals surface area (Å²) < 4.78 is 10.9. The summed E-state index contributed by atoms with van der Waals surface area (Å²) in [4.78, 5) is 16.5. The molecule has 1 aliphatic carbocycles. The van der Waals surface area contributed by atoms with E-state index in [2.05, 4.69) is 4.90 Å². The Bertz CT molecular complexity index is 360. The van der Waals surface area contributed by atoms with E-state index in [0.29, 0.717) is 46.1 Å². The highest BCUT2D eigenvalue weighted by Crippen LogP contribution is 2.32. The summed E-state index contributed by atoms with van der Waals surface area (Å²) in [6, 6.07) is 0.182. The number of aliphatic hydroxyl groups is 1. The lowest BCUT2D eigenvalue weighted by atomic mass is 9.94. The van der Waals surface area contributed by atoms with Gasteiger partial charge in [0.05, 0.1) is 39.1 Å². The Labute approximate surface area is 126 Å². The number of carbonyl (C=O) groups excluding carboxylic acids is 1. The van der Waals surface area contributed by atoms with Gasteiger partial charge in [-0.2, -0.15) is 0 Å². The quantitative estimate of drug-likeness (QED) is 0.775. The van der Waals surface area contributed by atoms with Crippen LogP contribution in [0.1, 0.15) is 19.3 Å². The third kappa shape index (κ3) is 3.56. The second-order valence-corrected chi connectivity index (χ2v) is 6.27. The Kier molecular flexibility index (Phi) is 5.11. The van der Waals surface area contributed by atoms with Crippen molar-refractivity contribution in [2.75, 3.05) is 52.6 Å². The zero-order chi connectivity index (χ0) is 14.7. The number of ether oxygens (including phenoxy) is 2. The molecule has 21 heavy (non-hydrogen) atoms. The number of aliphatic hydroxyl groups excluding tert-OH is 1. The number of nitrogens with zero attached hydrogens (tertiary/aromatic N) is 2. The summed E-state index contributed by atoms with van der Waals surface area (Å²) in [6.07, 6.45) is 2.76. The van der Waals surface area contributed by atoms with E-state index in [0.717, 1.165) is 25.8 Å². The van der Waals surface area contributed by atoms with Gasteiger partial charge in [0.2, 0.25) is 5.91 Å². The first-order valence-electron chi connectivity index (χ1n) is 8.11. The monoisotopic (exact) mass is 298 g/mol. The van der Waals surface area contributed by atoms with E-state index >= 15 is 0 Å². The van der Waals surface area contributed by atoms with Gasteiger partial charge in [0.25, 0.3) is 0 Å². The molecule has 2 heterocycles. The zero-order valence-corrected chi connectivity index (χ0v) is 12.6. The molecule has 1 amide bonds. The van der Waals surface area contributed by atoms with Crippen molar-refractivity contribution in [3.63, 3.8) is 0 Å². The van der Waals surface area contributed by atoms with Crippen LogP contribution in [0, 0.1) is 5.92 Å².